The minimum atomic E-state index is -0.438. The number of rotatable bonds is 6. The summed E-state index contributed by atoms with van der Waals surface area (Å²) in [5.41, 5.74) is -0.438. The highest BCUT2D eigenvalue weighted by Gasteiger charge is 2.20. The summed E-state index contributed by atoms with van der Waals surface area (Å²) < 4.78 is 5.15. The highest BCUT2D eigenvalue weighted by Crippen LogP contribution is 2.27. The van der Waals surface area contributed by atoms with Gasteiger partial charge in [-0.15, -0.1) is 0 Å². The molecule has 0 aliphatic heterocycles. The van der Waals surface area contributed by atoms with E-state index in [1.54, 1.807) is 0 Å². The molecule has 116 valence electrons. The summed E-state index contributed by atoms with van der Waals surface area (Å²) >= 11 is 0. The maximum absolute atomic E-state index is 11.4. The summed E-state index contributed by atoms with van der Waals surface area (Å²) in [5, 5.41) is 6.23. The minimum Gasteiger partial charge on any atom is -0.444 e. The van der Waals surface area contributed by atoms with Crippen LogP contribution in [0.3, 0.4) is 0 Å². The Bertz CT molecular complexity index is 315. The van der Waals surface area contributed by atoms with Crippen molar-refractivity contribution >= 4 is 6.09 Å². The molecule has 1 fully saturated rings. The normalized spacial score (nSPS) is 18.4. The third-order valence-corrected chi connectivity index (χ3v) is 3.59. The van der Waals surface area contributed by atoms with E-state index in [0.717, 1.165) is 12.5 Å². The Morgan fingerprint density at radius 1 is 1.25 bits per heavy atom. The van der Waals surface area contributed by atoms with E-state index in [-0.39, 0.29) is 6.09 Å². The Hall–Kier alpha value is -1.03. The molecule has 1 unspecified atom stereocenters. The first-order valence-electron chi connectivity index (χ1n) is 7.74. The quantitative estimate of drug-likeness (QED) is 0.735. The van der Waals surface area contributed by atoms with Gasteiger partial charge in [0.15, 0.2) is 0 Å². The first-order valence-corrected chi connectivity index (χ1v) is 7.74. The van der Waals surface area contributed by atoms with Crippen LogP contribution in [0.2, 0.25) is 0 Å². The molecule has 1 aliphatic carbocycles. The maximum Gasteiger partial charge on any atom is 0.407 e. The fraction of sp³-hybridized carbons (Fsp3) is 0.812. The number of amides is 1. The van der Waals surface area contributed by atoms with Crippen molar-refractivity contribution in [3.05, 3.63) is 12.2 Å². The highest BCUT2D eigenvalue weighted by atomic mass is 16.6. The molecule has 0 radical (unpaired) electrons. The first kappa shape index (κ1) is 17.0. The molecule has 1 aliphatic rings. The smallest absolute Gasteiger partial charge is 0.407 e. The van der Waals surface area contributed by atoms with Crippen LogP contribution in [0.5, 0.6) is 0 Å². The zero-order valence-corrected chi connectivity index (χ0v) is 13.4. The molecule has 0 aromatic heterocycles. The highest BCUT2D eigenvalue weighted by molar-refractivity contribution is 5.67. The number of ether oxygens (including phenoxy) is 1. The van der Waals surface area contributed by atoms with Gasteiger partial charge in [0.2, 0.25) is 0 Å². The van der Waals surface area contributed by atoms with Crippen molar-refractivity contribution in [1.82, 2.24) is 10.6 Å². The third-order valence-electron chi connectivity index (χ3n) is 3.59. The average molecular weight is 282 g/mol. The SMILES string of the molecule is CC(NC/C=C/CNC(=O)OC(C)(C)C)C1CCCC1. The van der Waals surface area contributed by atoms with Crippen LogP contribution in [0.25, 0.3) is 0 Å². The van der Waals surface area contributed by atoms with E-state index in [9.17, 15) is 4.79 Å². The van der Waals surface area contributed by atoms with Crippen LogP contribution in [-0.2, 0) is 4.74 Å². The van der Waals surface area contributed by atoms with Gasteiger partial charge in [0.1, 0.15) is 5.60 Å². The molecular formula is C16H30N2O2. The maximum atomic E-state index is 11.4. The zero-order chi connectivity index (χ0) is 15.0. The number of carbonyl (C=O) groups is 1. The molecule has 1 amide bonds. The molecule has 0 aromatic carbocycles. The second-order valence-electron chi connectivity index (χ2n) is 6.60. The average Bonchev–Trinajstić information content (AvgIpc) is 2.84. The van der Waals surface area contributed by atoms with Gasteiger partial charge < -0.3 is 15.4 Å². The standard InChI is InChI=1S/C16H30N2O2/c1-13(14-9-5-6-10-14)17-11-7-8-12-18-15(19)20-16(2,3)4/h7-8,13-14,17H,5-6,9-12H2,1-4H3,(H,18,19)/b8-7+. The van der Waals surface area contributed by atoms with Crippen LogP contribution in [-0.4, -0.2) is 30.8 Å². The second-order valence-corrected chi connectivity index (χ2v) is 6.60. The molecule has 0 spiro atoms. The second kappa shape index (κ2) is 8.30. The number of hydrogen-bond acceptors (Lipinski definition) is 3. The molecule has 2 N–H and O–H groups in total. The Morgan fingerprint density at radius 3 is 2.45 bits per heavy atom. The van der Waals surface area contributed by atoms with Crippen LogP contribution < -0.4 is 10.6 Å². The molecule has 1 saturated carbocycles. The molecule has 4 nitrogen and oxygen atoms in total. The summed E-state index contributed by atoms with van der Waals surface area (Å²) in [5.74, 6) is 0.836. The van der Waals surface area contributed by atoms with Crippen molar-refractivity contribution in [2.45, 2.75) is 65.0 Å². The van der Waals surface area contributed by atoms with E-state index < -0.39 is 5.60 Å². The van der Waals surface area contributed by atoms with Crippen molar-refractivity contribution in [3.63, 3.8) is 0 Å². The predicted molar refractivity (Wildman–Crippen MR) is 82.8 cm³/mol. The lowest BCUT2D eigenvalue weighted by molar-refractivity contribution is 0.0534. The summed E-state index contributed by atoms with van der Waals surface area (Å²) in [6.45, 7) is 9.20. The summed E-state index contributed by atoms with van der Waals surface area (Å²) in [7, 11) is 0. The summed E-state index contributed by atoms with van der Waals surface area (Å²) in [6, 6.07) is 0.584. The summed E-state index contributed by atoms with van der Waals surface area (Å²) in [4.78, 5) is 11.4. The first-order chi connectivity index (χ1) is 9.38. The van der Waals surface area contributed by atoms with Crippen LogP contribution in [0.15, 0.2) is 12.2 Å². The van der Waals surface area contributed by atoms with Gasteiger partial charge in [-0.1, -0.05) is 25.0 Å². The number of hydrogen-bond donors (Lipinski definition) is 2. The number of carbonyl (C=O) groups excluding carboxylic acids is 1. The lowest BCUT2D eigenvalue weighted by Gasteiger charge is -2.19. The van der Waals surface area contributed by atoms with Crippen molar-refractivity contribution in [1.29, 1.82) is 0 Å². The topological polar surface area (TPSA) is 50.4 Å². The van der Waals surface area contributed by atoms with Gasteiger partial charge in [-0.25, -0.2) is 4.79 Å². The zero-order valence-electron chi connectivity index (χ0n) is 13.4. The fourth-order valence-corrected chi connectivity index (χ4v) is 2.50. The molecule has 20 heavy (non-hydrogen) atoms. The molecular weight excluding hydrogens is 252 g/mol. The Labute approximate surface area is 123 Å². The molecule has 0 bridgehead atoms. The Kier molecular flexibility index (Phi) is 7.06. The van der Waals surface area contributed by atoms with Crippen LogP contribution in [0.4, 0.5) is 4.79 Å². The summed E-state index contributed by atoms with van der Waals surface area (Å²) in [6.07, 6.45) is 9.13. The van der Waals surface area contributed by atoms with Crippen molar-refractivity contribution in [3.8, 4) is 0 Å². The van der Waals surface area contributed by atoms with E-state index in [4.69, 9.17) is 4.74 Å². The molecule has 0 saturated heterocycles. The lowest BCUT2D eigenvalue weighted by Crippen LogP contribution is -2.33. The van der Waals surface area contributed by atoms with Gasteiger partial charge in [-0.05, 0) is 46.5 Å². The monoisotopic (exact) mass is 282 g/mol. The van der Waals surface area contributed by atoms with Crippen molar-refractivity contribution in [2.24, 2.45) is 5.92 Å². The predicted octanol–water partition coefficient (Wildman–Crippen LogP) is 3.24. The van der Waals surface area contributed by atoms with E-state index in [1.165, 1.54) is 25.7 Å². The minimum absolute atomic E-state index is 0.366. The Morgan fingerprint density at radius 2 is 1.85 bits per heavy atom. The fourth-order valence-electron chi connectivity index (χ4n) is 2.50. The molecule has 0 heterocycles. The van der Waals surface area contributed by atoms with Gasteiger partial charge in [-0.3, -0.25) is 0 Å². The van der Waals surface area contributed by atoms with Crippen LogP contribution in [0.1, 0.15) is 53.4 Å². The van der Waals surface area contributed by atoms with E-state index in [1.807, 2.05) is 26.8 Å². The van der Waals surface area contributed by atoms with Crippen LogP contribution in [0, 0.1) is 5.92 Å². The van der Waals surface area contributed by atoms with E-state index in [2.05, 4.69) is 23.6 Å². The van der Waals surface area contributed by atoms with Gasteiger partial charge in [0.05, 0.1) is 0 Å². The van der Waals surface area contributed by atoms with Gasteiger partial charge >= 0.3 is 6.09 Å². The van der Waals surface area contributed by atoms with E-state index in [0.29, 0.717) is 12.6 Å². The van der Waals surface area contributed by atoms with Crippen molar-refractivity contribution in [2.75, 3.05) is 13.1 Å². The molecule has 4 heteroatoms. The largest absolute Gasteiger partial charge is 0.444 e. The third kappa shape index (κ3) is 7.53. The van der Waals surface area contributed by atoms with Gasteiger partial charge in [-0.2, -0.15) is 0 Å². The van der Waals surface area contributed by atoms with Crippen LogP contribution >= 0.6 is 0 Å². The molecule has 1 rings (SSSR count). The van der Waals surface area contributed by atoms with Gasteiger partial charge in [0, 0.05) is 19.1 Å². The van der Waals surface area contributed by atoms with E-state index >= 15 is 0 Å². The molecule has 0 aromatic rings. The number of alkyl carbamates (subject to hydrolysis) is 1. The van der Waals surface area contributed by atoms with Crippen molar-refractivity contribution < 1.29 is 9.53 Å². The number of nitrogens with one attached hydrogen (secondary N) is 2. The molecule has 1 atom stereocenters. The Balaban J connectivity index is 2.05. The lowest BCUT2D eigenvalue weighted by atomic mass is 10.00. The van der Waals surface area contributed by atoms with Gasteiger partial charge in [0.25, 0.3) is 0 Å².